The van der Waals surface area contributed by atoms with Crippen molar-refractivity contribution >= 4 is 27.1 Å². The molecule has 0 atom stereocenters. The molecule has 2 heterocycles. The Bertz CT molecular complexity index is 869. The summed E-state index contributed by atoms with van der Waals surface area (Å²) in [5.74, 6) is 0. The van der Waals surface area contributed by atoms with Gasteiger partial charge in [0.15, 0.2) is 0 Å². The lowest BCUT2D eigenvalue weighted by molar-refractivity contribution is 0.159. The fourth-order valence-electron chi connectivity index (χ4n) is 2.21. The topological polar surface area (TPSA) is 124 Å². The van der Waals surface area contributed by atoms with E-state index in [0.717, 1.165) is 0 Å². The molecule has 10 heteroatoms. The zero-order valence-electron chi connectivity index (χ0n) is 11.5. The van der Waals surface area contributed by atoms with Crippen LogP contribution in [0, 0.1) is 0 Å². The summed E-state index contributed by atoms with van der Waals surface area (Å²) in [4.78, 5) is 28.9. The van der Waals surface area contributed by atoms with Crippen LogP contribution in [0.5, 0.6) is 0 Å². The Balaban J connectivity index is 1.70. The van der Waals surface area contributed by atoms with E-state index < -0.39 is 21.8 Å². The van der Waals surface area contributed by atoms with Crippen molar-refractivity contribution in [3.63, 3.8) is 0 Å². The number of hydrogen-bond acceptors (Lipinski definition) is 5. The van der Waals surface area contributed by atoms with Crippen LogP contribution in [0.15, 0.2) is 27.9 Å². The molecule has 2 aromatic rings. The molecular formula is C12H14N4O5S. The Morgan fingerprint density at radius 2 is 2.00 bits per heavy atom. The first kappa shape index (κ1) is 14.6. The molecule has 0 spiro atoms. The van der Waals surface area contributed by atoms with E-state index in [9.17, 15) is 18.0 Å². The highest BCUT2D eigenvalue weighted by molar-refractivity contribution is 7.89. The predicted molar refractivity (Wildman–Crippen MR) is 77.0 cm³/mol. The van der Waals surface area contributed by atoms with Gasteiger partial charge in [-0.25, -0.2) is 22.7 Å². The smallest absolute Gasteiger partial charge is 0.409 e. The molecule has 1 fully saturated rings. The highest BCUT2D eigenvalue weighted by Gasteiger charge is 2.22. The quantitative estimate of drug-likeness (QED) is 0.689. The molecule has 1 aliphatic rings. The first-order valence-corrected chi connectivity index (χ1v) is 8.07. The third-order valence-corrected chi connectivity index (χ3v) is 4.78. The van der Waals surface area contributed by atoms with E-state index >= 15 is 0 Å². The van der Waals surface area contributed by atoms with Crippen molar-refractivity contribution in [2.45, 2.75) is 4.90 Å². The van der Waals surface area contributed by atoms with Crippen LogP contribution in [0.1, 0.15) is 0 Å². The van der Waals surface area contributed by atoms with Crippen molar-refractivity contribution < 1.29 is 17.9 Å². The van der Waals surface area contributed by atoms with Crippen LogP contribution >= 0.6 is 0 Å². The lowest BCUT2D eigenvalue weighted by atomic mass is 10.3. The second kappa shape index (κ2) is 5.46. The molecule has 1 saturated heterocycles. The lowest BCUT2D eigenvalue weighted by Gasteiger charge is -2.13. The summed E-state index contributed by atoms with van der Waals surface area (Å²) < 4.78 is 31.6. The number of aromatic amines is 2. The number of benzene rings is 1. The number of H-pyrrole nitrogens is 2. The monoisotopic (exact) mass is 326 g/mol. The predicted octanol–water partition coefficient (Wildman–Crippen LogP) is -0.413. The van der Waals surface area contributed by atoms with Crippen molar-refractivity contribution in [2.24, 2.45) is 0 Å². The number of fused-ring (bicyclic) bond motifs is 1. The van der Waals surface area contributed by atoms with Gasteiger partial charge in [-0.3, -0.25) is 0 Å². The number of nitrogens with zero attached hydrogens (tertiary/aromatic N) is 1. The van der Waals surface area contributed by atoms with E-state index in [-0.39, 0.29) is 18.0 Å². The van der Waals surface area contributed by atoms with Gasteiger partial charge in [0.05, 0.1) is 22.5 Å². The second-order valence-corrected chi connectivity index (χ2v) is 6.55. The largest absolute Gasteiger partial charge is 0.448 e. The Morgan fingerprint density at radius 3 is 2.73 bits per heavy atom. The van der Waals surface area contributed by atoms with Crippen molar-refractivity contribution in [1.82, 2.24) is 19.6 Å². The Morgan fingerprint density at radius 1 is 1.23 bits per heavy atom. The van der Waals surface area contributed by atoms with Crippen LogP contribution in [0.3, 0.4) is 0 Å². The highest BCUT2D eigenvalue weighted by atomic mass is 32.2. The van der Waals surface area contributed by atoms with Gasteiger partial charge >= 0.3 is 11.8 Å². The fourth-order valence-corrected chi connectivity index (χ4v) is 3.25. The summed E-state index contributed by atoms with van der Waals surface area (Å²) in [6.45, 7) is 1.10. The van der Waals surface area contributed by atoms with E-state index in [1.54, 1.807) is 0 Å². The summed E-state index contributed by atoms with van der Waals surface area (Å²) in [5.41, 5.74) is 0.546. The molecule has 118 valence electrons. The van der Waals surface area contributed by atoms with Gasteiger partial charge in [0.2, 0.25) is 10.0 Å². The van der Waals surface area contributed by atoms with Gasteiger partial charge in [0.25, 0.3) is 0 Å². The molecule has 3 N–H and O–H groups in total. The summed E-state index contributed by atoms with van der Waals surface area (Å²) in [5, 5.41) is 0. The minimum Gasteiger partial charge on any atom is -0.448 e. The number of ether oxygens (including phenoxy) is 1. The van der Waals surface area contributed by atoms with Crippen molar-refractivity contribution in [3.8, 4) is 0 Å². The summed E-state index contributed by atoms with van der Waals surface area (Å²) in [6, 6.07) is 4.29. The van der Waals surface area contributed by atoms with Gasteiger partial charge in [-0.2, -0.15) is 0 Å². The standard InChI is InChI=1S/C12H14N4O5S/c17-11-14-9-2-1-8(7-10(9)15-11)22(19,20)13-3-4-16-5-6-21-12(16)18/h1-2,7,13H,3-6H2,(H2,14,15,17). The van der Waals surface area contributed by atoms with Crippen LogP contribution in [0.2, 0.25) is 0 Å². The second-order valence-electron chi connectivity index (χ2n) is 4.79. The molecule has 0 aliphatic carbocycles. The van der Waals surface area contributed by atoms with Gasteiger partial charge in [-0.05, 0) is 18.2 Å². The van der Waals surface area contributed by atoms with Gasteiger partial charge in [0, 0.05) is 13.1 Å². The molecule has 0 saturated carbocycles. The van der Waals surface area contributed by atoms with Gasteiger partial charge in [-0.15, -0.1) is 0 Å². The number of rotatable bonds is 5. The number of imidazole rings is 1. The third kappa shape index (κ3) is 2.83. The first-order valence-electron chi connectivity index (χ1n) is 6.59. The summed E-state index contributed by atoms with van der Waals surface area (Å²) in [7, 11) is -3.72. The maximum atomic E-state index is 12.2. The average molecular weight is 326 g/mol. The fraction of sp³-hybridized carbons (Fsp3) is 0.333. The highest BCUT2D eigenvalue weighted by Crippen LogP contribution is 2.14. The molecule has 0 unspecified atom stereocenters. The zero-order valence-corrected chi connectivity index (χ0v) is 12.3. The number of cyclic esters (lactones) is 1. The first-order chi connectivity index (χ1) is 10.5. The third-order valence-electron chi connectivity index (χ3n) is 3.32. The lowest BCUT2D eigenvalue weighted by Crippen LogP contribution is -2.35. The molecule has 1 aromatic heterocycles. The molecule has 1 aromatic carbocycles. The maximum absolute atomic E-state index is 12.2. The number of amides is 1. The molecule has 0 radical (unpaired) electrons. The van der Waals surface area contributed by atoms with Gasteiger partial charge < -0.3 is 19.6 Å². The molecule has 3 rings (SSSR count). The molecule has 0 bridgehead atoms. The number of aromatic nitrogens is 2. The minimum absolute atomic E-state index is 0.0410. The molecular weight excluding hydrogens is 312 g/mol. The van der Waals surface area contributed by atoms with E-state index in [2.05, 4.69) is 14.7 Å². The van der Waals surface area contributed by atoms with Gasteiger partial charge in [-0.1, -0.05) is 0 Å². The van der Waals surface area contributed by atoms with Crippen LogP contribution in [0.25, 0.3) is 11.0 Å². The Labute approximate surface area is 125 Å². The normalized spacial score (nSPS) is 15.5. The van der Waals surface area contributed by atoms with Crippen molar-refractivity contribution in [3.05, 3.63) is 28.7 Å². The Kier molecular flexibility index (Phi) is 3.62. The maximum Gasteiger partial charge on any atom is 0.409 e. The number of carbonyl (C=O) groups excluding carboxylic acids is 1. The van der Waals surface area contributed by atoms with E-state index in [4.69, 9.17) is 4.74 Å². The van der Waals surface area contributed by atoms with E-state index in [1.807, 2.05) is 0 Å². The molecule has 9 nitrogen and oxygen atoms in total. The summed E-state index contributed by atoms with van der Waals surface area (Å²) >= 11 is 0. The molecule has 22 heavy (non-hydrogen) atoms. The molecule has 1 aliphatic heterocycles. The van der Waals surface area contributed by atoms with E-state index in [1.165, 1.54) is 23.1 Å². The Hall–Kier alpha value is -2.33. The van der Waals surface area contributed by atoms with Crippen LogP contribution in [-0.4, -0.2) is 55.6 Å². The SMILES string of the molecule is O=C1OCCN1CCNS(=O)(=O)c1ccc2[nH]c(=O)[nH]c2c1. The number of sulfonamides is 1. The van der Waals surface area contributed by atoms with Crippen LogP contribution in [0.4, 0.5) is 4.79 Å². The number of hydrogen-bond donors (Lipinski definition) is 3. The number of carbonyl (C=O) groups is 1. The average Bonchev–Trinajstić information content (AvgIpc) is 3.02. The van der Waals surface area contributed by atoms with Crippen LogP contribution < -0.4 is 10.4 Å². The zero-order chi connectivity index (χ0) is 15.7. The van der Waals surface area contributed by atoms with Crippen molar-refractivity contribution in [1.29, 1.82) is 0 Å². The number of nitrogens with one attached hydrogen (secondary N) is 3. The van der Waals surface area contributed by atoms with E-state index in [0.29, 0.717) is 24.2 Å². The summed E-state index contributed by atoms with van der Waals surface area (Å²) in [6.07, 6.45) is -0.439. The van der Waals surface area contributed by atoms with Gasteiger partial charge in [0.1, 0.15) is 6.61 Å². The minimum atomic E-state index is -3.72. The van der Waals surface area contributed by atoms with Crippen LogP contribution in [-0.2, 0) is 14.8 Å². The molecule has 1 amide bonds. The van der Waals surface area contributed by atoms with Crippen molar-refractivity contribution in [2.75, 3.05) is 26.2 Å².